The lowest BCUT2D eigenvalue weighted by Crippen LogP contribution is -2.41. The fraction of sp³-hybridized carbons (Fsp3) is 0.583. The molecule has 0 aromatic rings. The summed E-state index contributed by atoms with van der Waals surface area (Å²) in [7, 11) is 0. The minimum Gasteiger partial charge on any atom is -0.303 e. The van der Waals surface area contributed by atoms with E-state index >= 15 is 0 Å². The van der Waals surface area contributed by atoms with Crippen molar-refractivity contribution in [3.63, 3.8) is 0 Å². The first-order chi connectivity index (χ1) is 6.31. The van der Waals surface area contributed by atoms with Gasteiger partial charge in [0.1, 0.15) is 5.54 Å². The third-order valence-electron chi connectivity index (χ3n) is 1.79. The highest BCUT2D eigenvalue weighted by Crippen LogP contribution is 2.13. The maximum absolute atomic E-state index is 11.3. The number of rotatable bonds is 2. The number of nitrogens with zero attached hydrogens (tertiary/aromatic N) is 1. The molecular formula is C12H19NO. The van der Waals surface area contributed by atoms with Crippen molar-refractivity contribution < 1.29 is 4.79 Å². The van der Waals surface area contributed by atoms with E-state index in [0.717, 1.165) is 0 Å². The second-order valence-corrected chi connectivity index (χ2v) is 4.05. The van der Waals surface area contributed by atoms with E-state index in [1.807, 2.05) is 27.7 Å². The summed E-state index contributed by atoms with van der Waals surface area (Å²) in [4.78, 5) is 12.8. The third-order valence-corrected chi connectivity index (χ3v) is 1.79. The Kier molecular flexibility index (Phi) is 4.43. The normalized spacial score (nSPS) is 10.4. The first-order valence-electron chi connectivity index (χ1n) is 4.76. The quantitative estimate of drug-likeness (QED) is 0.617. The minimum atomic E-state index is -0.474. The van der Waals surface area contributed by atoms with Crippen molar-refractivity contribution in [3.8, 4) is 11.8 Å². The van der Waals surface area contributed by atoms with Crippen LogP contribution in [-0.4, -0.2) is 16.3 Å². The van der Waals surface area contributed by atoms with Crippen LogP contribution in [0.15, 0.2) is 12.8 Å². The minimum absolute atomic E-state index is 0.0388. The molecule has 2 heteroatoms. The molecule has 0 bridgehead atoms. The van der Waals surface area contributed by atoms with E-state index < -0.39 is 5.54 Å². The zero-order valence-electron chi connectivity index (χ0n) is 9.72. The highest BCUT2D eigenvalue weighted by Gasteiger charge is 2.24. The monoisotopic (exact) mass is 193 g/mol. The van der Waals surface area contributed by atoms with Crippen LogP contribution < -0.4 is 0 Å². The van der Waals surface area contributed by atoms with Crippen LogP contribution in [0, 0.1) is 17.8 Å². The molecule has 0 aliphatic rings. The molecule has 0 N–H and O–H groups in total. The lowest BCUT2D eigenvalue weighted by Gasteiger charge is -2.30. The molecule has 0 spiro atoms. The van der Waals surface area contributed by atoms with Crippen LogP contribution in [0.4, 0.5) is 0 Å². The van der Waals surface area contributed by atoms with Gasteiger partial charge >= 0.3 is 0 Å². The fourth-order valence-electron chi connectivity index (χ4n) is 1.13. The van der Waals surface area contributed by atoms with E-state index in [9.17, 15) is 4.79 Å². The van der Waals surface area contributed by atoms with Gasteiger partial charge in [0.05, 0.1) is 0 Å². The Hall–Kier alpha value is -1.23. The molecule has 14 heavy (non-hydrogen) atoms. The molecule has 1 amide bonds. The van der Waals surface area contributed by atoms with Crippen molar-refractivity contribution >= 4 is 5.91 Å². The van der Waals surface area contributed by atoms with Crippen molar-refractivity contribution in [2.45, 2.75) is 40.2 Å². The zero-order chi connectivity index (χ0) is 11.4. The average Bonchev–Trinajstić information content (AvgIpc) is 2.01. The zero-order valence-corrected chi connectivity index (χ0v) is 9.72. The number of amides is 1. The third kappa shape index (κ3) is 3.66. The standard InChI is InChI=1S/C12H19NO/c1-7-13(11(4)14)12(5,6)9-8-10(2)3/h7,10H,1H2,2-6H3. The largest absolute Gasteiger partial charge is 0.303 e. The van der Waals surface area contributed by atoms with E-state index in [2.05, 4.69) is 18.4 Å². The van der Waals surface area contributed by atoms with Crippen LogP contribution in [0.25, 0.3) is 0 Å². The molecule has 0 saturated heterocycles. The van der Waals surface area contributed by atoms with Crippen molar-refractivity contribution in [1.29, 1.82) is 0 Å². The molecule has 0 saturated carbocycles. The predicted molar refractivity (Wildman–Crippen MR) is 59.4 cm³/mol. The molecule has 0 aliphatic carbocycles. The van der Waals surface area contributed by atoms with Crippen LogP contribution in [-0.2, 0) is 4.79 Å². The van der Waals surface area contributed by atoms with Gasteiger partial charge in [0.2, 0.25) is 5.91 Å². The topological polar surface area (TPSA) is 20.3 Å². The Morgan fingerprint density at radius 1 is 1.50 bits per heavy atom. The number of carbonyl (C=O) groups excluding carboxylic acids is 1. The van der Waals surface area contributed by atoms with E-state index in [0.29, 0.717) is 5.92 Å². The number of hydrogen-bond acceptors (Lipinski definition) is 1. The van der Waals surface area contributed by atoms with Crippen LogP contribution in [0.1, 0.15) is 34.6 Å². The summed E-state index contributed by atoms with van der Waals surface area (Å²) in [6.45, 7) is 13.0. The lowest BCUT2D eigenvalue weighted by molar-refractivity contribution is -0.128. The Labute approximate surface area is 87.0 Å². The Bertz CT molecular complexity index is 278. The molecule has 0 aromatic heterocycles. The highest BCUT2D eigenvalue weighted by atomic mass is 16.2. The second-order valence-electron chi connectivity index (χ2n) is 4.05. The maximum atomic E-state index is 11.3. The summed E-state index contributed by atoms with van der Waals surface area (Å²) < 4.78 is 0. The molecule has 0 heterocycles. The van der Waals surface area contributed by atoms with Gasteiger partial charge in [-0.2, -0.15) is 0 Å². The highest BCUT2D eigenvalue weighted by molar-refractivity contribution is 5.75. The number of hydrogen-bond donors (Lipinski definition) is 0. The molecule has 0 radical (unpaired) electrons. The summed E-state index contributed by atoms with van der Waals surface area (Å²) in [6, 6.07) is 0. The summed E-state index contributed by atoms with van der Waals surface area (Å²) >= 11 is 0. The lowest BCUT2D eigenvalue weighted by atomic mass is 10.0. The molecule has 0 aliphatic heterocycles. The van der Waals surface area contributed by atoms with Gasteiger partial charge in [0.15, 0.2) is 0 Å². The van der Waals surface area contributed by atoms with Crippen molar-refractivity contribution in [1.82, 2.24) is 4.90 Å². The van der Waals surface area contributed by atoms with Gasteiger partial charge < -0.3 is 4.90 Å². The van der Waals surface area contributed by atoms with E-state index in [1.165, 1.54) is 13.1 Å². The van der Waals surface area contributed by atoms with Crippen LogP contribution in [0.2, 0.25) is 0 Å². The van der Waals surface area contributed by atoms with Gasteiger partial charge in [-0.05, 0) is 13.8 Å². The SMILES string of the molecule is C=CN(C(C)=O)C(C)(C)C#CC(C)C. The van der Waals surface area contributed by atoms with E-state index in [4.69, 9.17) is 0 Å². The van der Waals surface area contributed by atoms with Gasteiger partial charge in [0.25, 0.3) is 0 Å². The molecule has 0 fully saturated rings. The second kappa shape index (κ2) is 4.85. The van der Waals surface area contributed by atoms with Crippen molar-refractivity contribution in [2.75, 3.05) is 0 Å². The first-order valence-corrected chi connectivity index (χ1v) is 4.76. The first kappa shape index (κ1) is 12.8. The van der Waals surface area contributed by atoms with Gasteiger partial charge in [-0.15, -0.1) is 0 Å². The van der Waals surface area contributed by atoms with Crippen LogP contribution in [0.5, 0.6) is 0 Å². The summed E-state index contributed by atoms with van der Waals surface area (Å²) in [5.74, 6) is 6.41. The van der Waals surface area contributed by atoms with Gasteiger partial charge in [-0.1, -0.05) is 32.3 Å². The molecule has 2 nitrogen and oxygen atoms in total. The molecular weight excluding hydrogens is 174 g/mol. The number of carbonyl (C=O) groups is 1. The predicted octanol–water partition coefficient (Wildman–Crippen LogP) is 2.42. The van der Waals surface area contributed by atoms with Crippen molar-refractivity contribution in [3.05, 3.63) is 12.8 Å². The molecule has 0 rings (SSSR count). The van der Waals surface area contributed by atoms with Gasteiger partial charge in [0, 0.05) is 19.0 Å². The van der Waals surface area contributed by atoms with Gasteiger partial charge in [-0.3, -0.25) is 4.79 Å². The molecule has 78 valence electrons. The average molecular weight is 193 g/mol. The molecule has 0 aromatic carbocycles. The Morgan fingerprint density at radius 2 is 2.00 bits per heavy atom. The molecule has 0 unspecified atom stereocenters. The molecule has 0 atom stereocenters. The fourth-order valence-corrected chi connectivity index (χ4v) is 1.13. The Balaban J connectivity index is 4.85. The van der Waals surface area contributed by atoms with E-state index in [1.54, 1.807) is 4.90 Å². The van der Waals surface area contributed by atoms with Gasteiger partial charge in [-0.25, -0.2) is 0 Å². The summed E-state index contributed by atoms with van der Waals surface area (Å²) in [6.07, 6.45) is 1.53. The maximum Gasteiger partial charge on any atom is 0.224 e. The van der Waals surface area contributed by atoms with Crippen molar-refractivity contribution in [2.24, 2.45) is 5.92 Å². The Morgan fingerprint density at radius 3 is 2.29 bits per heavy atom. The van der Waals surface area contributed by atoms with E-state index in [-0.39, 0.29) is 5.91 Å². The van der Waals surface area contributed by atoms with Crippen LogP contribution >= 0.6 is 0 Å². The summed E-state index contributed by atoms with van der Waals surface area (Å²) in [5, 5.41) is 0. The van der Waals surface area contributed by atoms with Crippen LogP contribution in [0.3, 0.4) is 0 Å². The smallest absolute Gasteiger partial charge is 0.224 e. The summed E-state index contributed by atoms with van der Waals surface area (Å²) in [5.41, 5.74) is -0.474.